The first-order valence-electron chi connectivity index (χ1n) is 8.24. The summed E-state index contributed by atoms with van der Waals surface area (Å²) in [5.41, 5.74) is 6.36. The van der Waals surface area contributed by atoms with Gasteiger partial charge in [0.2, 0.25) is 0 Å². The van der Waals surface area contributed by atoms with Crippen LogP contribution in [0.3, 0.4) is 0 Å². The zero-order chi connectivity index (χ0) is 17.0. The Bertz CT molecular complexity index is 640. The van der Waals surface area contributed by atoms with Gasteiger partial charge in [0.05, 0.1) is 10.6 Å². The molecule has 0 aromatic heterocycles. The van der Waals surface area contributed by atoms with Gasteiger partial charge in [0.15, 0.2) is 9.84 Å². The van der Waals surface area contributed by atoms with Crippen molar-refractivity contribution in [2.24, 2.45) is 11.7 Å². The van der Waals surface area contributed by atoms with Crippen LogP contribution in [-0.2, 0) is 9.84 Å². The summed E-state index contributed by atoms with van der Waals surface area (Å²) in [6.07, 6.45) is 2.64. The maximum atomic E-state index is 12.7. The second kappa shape index (κ2) is 7.45. The van der Waals surface area contributed by atoms with Crippen molar-refractivity contribution in [1.82, 2.24) is 4.90 Å². The lowest BCUT2D eigenvalue weighted by Crippen LogP contribution is -2.51. The second-order valence-electron chi connectivity index (χ2n) is 6.26. The molecule has 1 aromatic carbocycles. The molecule has 2 atom stereocenters. The average Bonchev–Trinajstić information content (AvgIpc) is 2.54. The number of likely N-dealkylation sites (tertiary alicyclic amines) is 1. The number of rotatable bonds is 5. The Labute approximate surface area is 138 Å². The van der Waals surface area contributed by atoms with Crippen LogP contribution in [-0.4, -0.2) is 44.1 Å². The summed E-state index contributed by atoms with van der Waals surface area (Å²) < 4.78 is 24.1. The van der Waals surface area contributed by atoms with Gasteiger partial charge < -0.3 is 10.6 Å². The molecule has 128 valence electrons. The van der Waals surface area contributed by atoms with Crippen LogP contribution in [0.4, 0.5) is 0 Å². The van der Waals surface area contributed by atoms with Gasteiger partial charge in [-0.3, -0.25) is 4.79 Å². The first-order valence-corrected chi connectivity index (χ1v) is 9.89. The molecule has 0 aliphatic carbocycles. The summed E-state index contributed by atoms with van der Waals surface area (Å²) in [6.45, 7) is 5.12. The first-order chi connectivity index (χ1) is 10.9. The van der Waals surface area contributed by atoms with Crippen molar-refractivity contribution in [2.75, 3.05) is 18.8 Å². The van der Waals surface area contributed by atoms with E-state index in [4.69, 9.17) is 5.73 Å². The molecule has 1 aliphatic rings. The number of piperidine rings is 1. The highest BCUT2D eigenvalue weighted by molar-refractivity contribution is 7.91. The fourth-order valence-electron chi connectivity index (χ4n) is 3.22. The molecule has 1 aliphatic heterocycles. The molecule has 6 heteroatoms. The summed E-state index contributed by atoms with van der Waals surface area (Å²) in [5.74, 6) is 0.451. The van der Waals surface area contributed by atoms with Crippen molar-refractivity contribution >= 4 is 15.7 Å². The van der Waals surface area contributed by atoms with Crippen LogP contribution in [0.25, 0.3) is 0 Å². The number of carbonyl (C=O) groups is 1. The minimum Gasteiger partial charge on any atom is -0.334 e. The van der Waals surface area contributed by atoms with Crippen LogP contribution in [0.5, 0.6) is 0 Å². The predicted molar refractivity (Wildman–Crippen MR) is 91.1 cm³/mol. The lowest BCUT2D eigenvalue weighted by atomic mass is 9.90. The molecule has 1 aromatic rings. The molecule has 1 fully saturated rings. The minimum absolute atomic E-state index is 0.0553. The SMILES string of the molecule is CCCS(=O)(=O)c1ccc(C(=O)N2CCC[C@H](C)[C@H]2CN)cc1. The molecule has 0 bridgehead atoms. The maximum absolute atomic E-state index is 12.7. The third kappa shape index (κ3) is 3.93. The Balaban J connectivity index is 2.20. The van der Waals surface area contributed by atoms with Gasteiger partial charge in [0, 0.05) is 24.7 Å². The van der Waals surface area contributed by atoms with E-state index in [9.17, 15) is 13.2 Å². The van der Waals surface area contributed by atoms with Crippen LogP contribution < -0.4 is 5.73 Å². The van der Waals surface area contributed by atoms with Crippen LogP contribution in [0.1, 0.15) is 43.5 Å². The molecular formula is C17H26N2O3S. The molecular weight excluding hydrogens is 312 g/mol. The fourth-order valence-corrected chi connectivity index (χ4v) is 4.54. The van der Waals surface area contributed by atoms with Crippen molar-refractivity contribution in [3.8, 4) is 0 Å². The standard InChI is InChI=1S/C17H26N2O3S/c1-3-11-23(21,22)15-8-6-14(7-9-15)17(20)19-10-4-5-13(2)16(19)12-18/h6-9,13,16H,3-5,10-12,18H2,1-2H3/t13-,16+/m0/s1. The lowest BCUT2D eigenvalue weighted by Gasteiger charge is -2.39. The third-order valence-electron chi connectivity index (χ3n) is 4.55. The maximum Gasteiger partial charge on any atom is 0.254 e. The van der Waals surface area contributed by atoms with Gasteiger partial charge in [-0.2, -0.15) is 0 Å². The summed E-state index contributed by atoms with van der Waals surface area (Å²) in [7, 11) is -3.25. The van der Waals surface area contributed by atoms with Gasteiger partial charge in [-0.05, 0) is 49.4 Å². The highest BCUT2D eigenvalue weighted by Gasteiger charge is 2.31. The molecule has 0 spiro atoms. The third-order valence-corrected chi connectivity index (χ3v) is 6.49. The minimum atomic E-state index is -3.25. The largest absolute Gasteiger partial charge is 0.334 e. The van der Waals surface area contributed by atoms with Crippen LogP contribution >= 0.6 is 0 Å². The molecule has 2 N–H and O–H groups in total. The number of nitrogens with two attached hydrogens (primary N) is 1. The molecule has 0 unspecified atom stereocenters. The van der Waals surface area contributed by atoms with Crippen molar-refractivity contribution in [1.29, 1.82) is 0 Å². The number of nitrogens with zero attached hydrogens (tertiary/aromatic N) is 1. The van der Waals surface area contributed by atoms with Crippen molar-refractivity contribution in [3.05, 3.63) is 29.8 Å². The van der Waals surface area contributed by atoms with Gasteiger partial charge in [0.25, 0.3) is 5.91 Å². The highest BCUT2D eigenvalue weighted by Crippen LogP contribution is 2.24. The Morgan fingerprint density at radius 2 is 1.96 bits per heavy atom. The Hall–Kier alpha value is -1.40. The van der Waals surface area contributed by atoms with Gasteiger partial charge in [-0.15, -0.1) is 0 Å². The van der Waals surface area contributed by atoms with E-state index in [1.54, 1.807) is 12.1 Å². The van der Waals surface area contributed by atoms with E-state index in [1.807, 2.05) is 11.8 Å². The molecule has 23 heavy (non-hydrogen) atoms. The summed E-state index contributed by atoms with van der Waals surface area (Å²) in [5, 5.41) is 0. The fraction of sp³-hybridized carbons (Fsp3) is 0.588. The van der Waals surface area contributed by atoms with Crippen molar-refractivity contribution in [3.63, 3.8) is 0 Å². The monoisotopic (exact) mass is 338 g/mol. The van der Waals surface area contributed by atoms with Crippen molar-refractivity contribution < 1.29 is 13.2 Å². The molecule has 1 saturated heterocycles. The van der Waals surface area contributed by atoms with E-state index in [1.165, 1.54) is 12.1 Å². The Morgan fingerprint density at radius 1 is 1.30 bits per heavy atom. The van der Waals surface area contributed by atoms with Crippen molar-refractivity contribution in [2.45, 2.75) is 44.0 Å². The van der Waals surface area contributed by atoms with Gasteiger partial charge in [0.1, 0.15) is 0 Å². The van der Waals surface area contributed by atoms with E-state index in [0.717, 1.165) is 12.8 Å². The topological polar surface area (TPSA) is 80.5 Å². The predicted octanol–water partition coefficient (Wildman–Crippen LogP) is 2.07. The van der Waals surface area contributed by atoms with E-state index >= 15 is 0 Å². The molecule has 2 rings (SSSR count). The number of benzene rings is 1. The van der Waals surface area contributed by atoms with Crippen LogP contribution in [0, 0.1) is 5.92 Å². The van der Waals surface area contributed by atoms with E-state index in [0.29, 0.717) is 31.0 Å². The molecule has 0 radical (unpaired) electrons. The number of hydrogen-bond donors (Lipinski definition) is 1. The zero-order valence-electron chi connectivity index (χ0n) is 13.9. The Morgan fingerprint density at radius 3 is 2.52 bits per heavy atom. The number of amides is 1. The average molecular weight is 338 g/mol. The molecule has 0 saturated carbocycles. The zero-order valence-corrected chi connectivity index (χ0v) is 14.7. The van der Waals surface area contributed by atoms with E-state index in [-0.39, 0.29) is 22.6 Å². The van der Waals surface area contributed by atoms with Crippen LogP contribution in [0.2, 0.25) is 0 Å². The smallest absolute Gasteiger partial charge is 0.254 e. The normalized spacial score (nSPS) is 22.1. The molecule has 1 amide bonds. The quantitative estimate of drug-likeness (QED) is 0.891. The van der Waals surface area contributed by atoms with Gasteiger partial charge in [-0.25, -0.2) is 8.42 Å². The number of carbonyl (C=O) groups excluding carboxylic acids is 1. The summed E-state index contributed by atoms with van der Waals surface area (Å²) >= 11 is 0. The lowest BCUT2D eigenvalue weighted by molar-refractivity contribution is 0.0532. The first kappa shape index (κ1) is 17.9. The molecule has 1 heterocycles. The Kier molecular flexibility index (Phi) is 5.81. The highest BCUT2D eigenvalue weighted by atomic mass is 32.2. The number of hydrogen-bond acceptors (Lipinski definition) is 4. The van der Waals surface area contributed by atoms with Crippen LogP contribution in [0.15, 0.2) is 29.2 Å². The summed E-state index contributed by atoms with van der Waals surface area (Å²) in [4.78, 5) is 14.8. The van der Waals surface area contributed by atoms with Gasteiger partial charge in [-0.1, -0.05) is 13.8 Å². The summed E-state index contributed by atoms with van der Waals surface area (Å²) in [6, 6.07) is 6.33. The van der Waals surface area contributed by atoms with Gasteiger partial charge >= 0.3 is 0 Å². The van der Waals surface area contributed by atoms with E-state index in [2.05, 4.69) is 6.92 Å². The number of sulfone groups is 1. The second-order valence-corrected chi connectivity index (χ2v) is 8.37. The molecule has 5 nitrogen and oxygen atoms in total. The van der Waals surface area contributed by atoms with E-state index < -0.39 is 9.84 Å².